The van der Waals surface area contributed by atoms with Crippen LogP contribution in [0.2, 0.25) is 0 Å². The number of ketones is 1. The molecule has 2 aliphatic rings. The molecule has 6 heteroatoms. The fourth-order valence-electron chi connectivity index (χ4n) is 4.62. The van der Waals surface area contributed by atoms with Gasteiger partial charge in [0.2, 0.25) is 0 Å². The summed E-state index contributed by atoms with van der Waals surface area (Å²) < 4.78 is 11.5. The number of ether oxygens (including phenoxy) is 2. The van der Waals surface area contributed by atoms with Crippen molar-refractivity contribution in [1.29, 1.82) is 0 Å². The summed E-state index contributed by atoms with van der Waals surface area (Å²) in [7, 11) is 0. The van der Waals surface area contributed by atoms with E-state index in [1.807, 2.05) is 45.0 Å². The van der Waals surface area contributed by atoms with Crippen molar-refractivity contribution >= 4 is 17.4 Å². The Hall–Kier alpha value is -3.12. The van der Waals surface area contributed by atoms with Crippen molar-refractivity contribution in [1.82, 2.24) is 4.90 Å². The van der Waals surface area contributed by atoms with Gasteiger partial charge in [-0.05, 0) is 68.0 Å². The maximum atomic E-state index is 13.2. The first-order valence-electron chi connectivity index (χ1n) is 11.6. The highest BCUT2D eigenvalue weighted by molar-refractivity contribution is 6.46. The highest BCUT2D eigenvalue weighted by Crippen LogP contribution is 2.41. The minimum absolute atomic E-state index is 0.105. The number of amides is 1. The summed E-state index contributed by atoms with van der Waals surface area (Å²) in [4.78, 5) is 27.9. The number of aryl methyl sites for hydroxylation is 2. The maximum absolute atomic E-state index is 13.2. The molecule has 0 bridgehead atoms. The first kappa shape index (κ1) is 23.1. The van der Waals surface area contributed by atoms with E-state index in [2.05, 4.69) is 0 Å². The van der Waals surface area contributed by atoms with Gasteiger partial charge in [0.15, 0.2) is 0 Å². The molecule has 6 nitrogen and oxygen atoms in total. The normalized spacial score (nSPS) is 22.2. The Bertz CT molecular complexity index is 1080. The fourth-order valence-corrected chi connectivity index (χ4v) is 4.62. The van der Waals surface area contributed by atoms with E-state index in [0.29, 0.717) is 25.3 Å². The Morgan fingerprint density at radius 3 is 2.61 bits per heavy atom. The van der Waals surface area contributed by atoms with Crippen LogP contribution in [0, 0.1) is 13.8 Å². The monoisotopic (exact) mass is 449 g/mol. The van der Waals surface area contributed by atoms with Crippen molar-refractivity contribution in [2.75, 3.05) is 19.8 Å². The third kappa shape index (κ3) is 4.53. The van der Waals surface area contributed by atoms with E-state index in [1.54, 1.807) is 23.1 Å². The standard InChI is InChI=1S/C27H31NO5/c1-4-13-33-22-12-11-19(15-18(22)3)25(29)23-24(21-10-6-5-8-17(21)2)28(27(31)26(23)30)16-20-9-7-14-32-20/h5-6,8,10-12,15,20,24,29H,4,7,9,13-14,16H2,1-3H3/b25-23+. The van der Waals surface area contributed by atoms with Gasteiger partial charge < -0.3 is 19.5 Å². The molecule has 2 atom stereocenters. The number of nitrogens with zero attached hydrogens (tertiary/aromatic N) is 1. The van der Waals surface area contributed by atoms with Gasteiger partial charge >= 0.3 is 0 Å². The number of aliphatic hydroxyl groups excluding tert-OH is 1. The Balaban J connectivity index is 1.79. The number of benzene rings is 2. The number of carbonyl (C=O) groups excluding carboxylic acids is 2. The molecule has 0 saturated carbocycles. The van der Waals surface area contributed by atoms with Gasteiger partial charge in [-0.1, -0.05) is 31.2 Å². The Kier molecular flexibility index (Phi) is 6.84. The number of Topliss-reactive ketones (excluding diaryl/α,β-unsaturated/α-hetero) is 1. The van der Waals surface area contributed by atoms with Crippen LogP contribution in [0.5, 0.6) is 5.75 Å². The number of rotatable bonds is 7. The third-order valence-corrected chi connectivity index (χ3v) is 6.36. The van der Waals surface area contributed by atoms with Crippen LogP contribution >= 0.6 is 0 Å². The molecule has 2 fully saturated rings. The van der Waals surface area contributed by atoms with Gasteiger partial charge in [-0.15, -0.1) is 0 Å². The lowest BCUT2D eigenvalue weighted by Crippen LogP contribution is -2.36. The maximum Gasteiger partial charge on any atom is 0.295 e. The smallest absolute Gasteiger partial charge is 0.295 e. The number of hydrogen-bond acceptors (Lipinski definition) is 5. The summed E-state index contributed by atoms with van der Waals surface area (Å²) in [6, 6.07) is 12.3. The number of carbonyl (C=O) groups is 2. The molecular formula is C27H31NO5. The molecule has 33 heavy (non-hydrogen) atoms. The molecule has 2 aliphatic heterocycles. The molecule has 1 N–H and O–H groups in total. The third-order valence-electron chi connectivity index (χ3n) is 6.36. The van der Waals surface area contributed by atoms with E-state index in [4.69, 9.17) is 9.47 Å². The molecule has 4 rings (SSSR count). The van der Waals surface area contributed by atoms with Gasteiger partial charge in [-0.25, -0.2) is 0 Å². The molecule has 2 aromatic rings. The Labute approximate surface area is 194 Å². The van der Waals surface area contributed by atoms with Crippen LogP contribution in [-0.4, -0.2) is 47.6 Å². The van der Waals surface area contributed by atoms with E-state index >= 15 is 0 Å². The lowest BCUT2D eigenvalue weighted by Gasteiger charge is -2.28. The van der Waals surface area contributed by atoms with Crippen LogP contribution in [0.4, 0.5) is 0 Å². The van der Waals surface area contributed by atoms with E-state index in [-0.39, 0.29) is 17.4 Å². The van der Waals surface area contributed by atoms with Crippen molar-refractivity contribution in [2.45, 2.75) is 52.2 Å². The average molecular weight is 450 g/mol. The largest absolute Gasteiger partial charge is 0.507 e. The predicted octanol–water partition coefficient (Wildman–Crippen LogP) is 4.69. The zero-order valence-electron chi connectivity index (χ0n) is 19.5. The molecule has 0 spiro atoms. The van der Waals surface area contributed by atoms with E-state index in [9.17, 15) is 14.7 Å². The van der Waals surface area contributed by atoms with Crippen LogP contribution < -0.4 is 4.74 Å². The second kappa shape index (κ2) is 9.79. The van der Waals surface area contributed by atoms with Crippen LogP contribution in [0.25, 0.3) is 5.76 Å². The van der Waals surface area contributed by atoms with Crippen LogP contribution in [0.3, 0.4) is 0 Å². The Morgan fingerprint density at radius 1 is 1.15 bits per heavy atom. The van der Waals surface area contributed by atoms with E-state index in [1.165, 1.54) is 0 Å². The molecule has 0 aromatic heterocycles. The first-order valence-corrected chi connectivity index (χ1v) is 11.6. The summed E-state index contributed by atoms with van der Waals surface area (Å²) in [5.41, 5.74) is 3.25. The molecule has 2 aromatic carbocycles. The topological polar surface area (TPSA) is 76.1 Å². The van der Waals surface area contributed by atoms with Crippen molar-refractivity contribution in [3.8, 4) is 5.75 Å². The minimum atomic E-state index is -0.664. The minimum Gasteiger partial charge on any atom is -0.507 e. The second-order valence-corrected chi connectivity index (χ2v) is 8.77. The summed E-state index contributed by atoms with van der Waals surface area (Å²) in [5.74, 6) is -0.688. The van der Waals surface area contributed by atoms with Gasteiger partial charge in [0.05, 0.1) is 24.3 Å². The lowest BCUT2D eigenvalue weighted by atomic mass is 9.92. The van der Waals surface area contributed by atoms with Crippen LogP contribution in [0.1, 0.15) is 54.5 Å². The van der Waals surface area contributed by atoms with Crippen molar-refractivity contribution in [3.63, 3.8) is 0 Å². The molecular weight excluding hydrogens is 418 g/mol. The molecule has 0 radical (unpaired) electrons. The SMILES string of the molecule is CCCOc1ccc(/C(O)=C2\C(=O)C(=O)N(CC3CCCO3)C2c2ccccc2C)cc1C. The van der Waals surface area contributed by atoms with Crippen LogP contribution in [0.15, 0.2) is 48.0 Å². The van der Waals surface area contributed by atoms with Crippen LogP contribution in [-0.2, 0) is 14.3 Å². The Morgan fingerprint density at radius 2 is 1.94 bits per heavy atom. The zero-order valence-corrected chi connectivity index (χ0v) is 19.5. The number of aliphatic hydroxyl groups is 1. The van der Waals surface area contributed by atoms with Gasteiger partial charge in [0, 0.05) is 18.7 Å². The molecule has 2 heterocycles. The fraction of sp³-hybridized carbons (Fsp3) is 0.407. The quantitative estimate of drug-likeness (QED) is 0.377. The average Bonchev–Trinajstić information content (AvgIpc) is 3.41. The highest BCUT2D eigenvalue weighted by Gasteiger charge is 2.47. The van der Waals surface area contributed by atoms with Gasteiger partial charge in [0.25, 0.3) is 11.7 Å². The van der Waals surface area contributed by atoms with E-state index < -0.39 is 17.7 Å². The van der Waals surface area contributed by atoms with Gasteiger partial charge in [-0.2, -0.15) is 0 Å². The second-order valence-electron chi connectivity index (χ2n) is 8.77. The summed E-state index contributed by atoms with van der Waals surface area (Å²) in [5, 5.41) is 11.3. The molecule has 1 amide bonds. The summed E-state index contributed by atoms with van der Waals surface area (Å²) >= 11 is 0. The van der Waals surface area contributed by atoms with Gasteiger partial charge in [0.1, 0.15) is 11.5 Å². The molecule has 0 aliphatic carbocycles. The lowest BCUT2D eigenvalue weighted by molar-refractivity contribution is -0.140. The summed E-state index contributed by atoms with van der Waals surface area (Å²) in [6.07, 6.45) is 2.58. The van der Waals surface area contributed by atoms with Crippen molar-refractivity contribution in [2.24, 2.45) is 0 Å². The van der Waals surface area contributed by atoms with Crippen molar-refractivity contribution < 1.29 is 24.2 Å². The predicted molar refractivity (Wildman–Crippen MR) is 126 cm³/mol. The molecule has 174 valence electrons. The highest BCUT2D eigenvalue weighted by atomic mass is 16.5. The van der Waals surface area contributed by atoms with Crippen molar-refractivity contribution in [3.05, 3.63) is 70.3 Å². The first-order chi connectivity index (χ1) is 15.9. The molecule has 2 unspecified atom stereocenters. The van der Waals surface area contributed by atoms with E-state index in [0.717, 1.165) is 41.7 Å². The zero-order chi connectivity index (χ0) is 23.5. The molecule has 2 saturated heterocycles. The summed E-state index contributed by atoms with van der Waals surface area (Å²) in [6.45, 7) is 7.48. The number of likely N-dealkylation sites (tertiary alicyclic amines) is 1. The number of hydrogen-bond donors (Lipinski definition) is 1. The van der Waals surface area contributed by atoms with Gasteiger partial charge in [-0.3, -0.25) is 9.59 Å².